The summed E-state index contributed by atoms with van der Waals surface area (Å²) in [6.45, 7) is 3.18. The van der Waals surface area contributed by atoms with Gasteiger partial charge < -0.3 is 0 Å². The molecule has 1 aliphatic rings. The van der Waals surface area contributed by atoms with Gasteiger partial charge in [-0.3, -0.25) is 4.90 Å². The Morgan fingerprint density at radius 3 is 2.07 bits per heavy atom. The molecule has 0 radical (unpaired) electrons. The molecule has 4 rings (SSSR count). The fourth-order valence-corrected chi connectivity index (χ4v) is 4.29. The average molecular weight is 396 g/mol. The van der Waals surface area contributed by atoms with Gasteiger partial charge in [0.05, 0.1) is 0 Å². The van der Waals surface area contributed by atoms with Gasteiger partial charge in [0, 0.05) is 23.1 Å². The number of rotatable bonds is 6. The highest BCUT2D eigenvalue weighted by molar-refractivity contribution is 6.31. The largest absolute Gasteiger partial charge is 0.295 e. The molecule has 0 amide bonds. The topological polar surface area (TPSA) is 3.24 Å². The normalized spacial score (nSPS) is 14.9. The molecule has 27 heavy (non-hydrogen) atoms. The van der Waals surface area contributed by atoms with Crippen LogP contribution < -0.4 is 0 Å². The van der Waals surface area contributed by atoms with Gasteiger partial charge in [0.1, 0.15) is 0 Å². The summed E-state index contributed by atoms with van der Waals surface area (Å²) in [6, 6.07) is 25.2. The lowest BCUT2D eigenvalue weighted by molar-refractivity contribution is 0.271. The Balaban J connectivity index is 1.48. The lowest BCUT2D eigenvalue weighted by Gasteiger charge is -2.22. The number of benzene rings is 3. The first-order chi connectivity index (χ1) is 13.2. The monoisotopic (exact) mass is 395 g/mol. The van der Waals surface area contributed by atoms with Crippen molar-refractivity contribution in [1.29, 1.82) is 0 Å². The summed E-state index contributed by atoms with van der Waals surface area (Å²) >= 11 is 12.5. The predicted molar refractivity (Wildman–Crippen MR) is 115 cm³/mol. The molecular formula is C24H23Cl2N. The summed E-state index contributed by atoms with van der Waals surface area (Å²) in [5, 5.41) is 1.63. The molecular weight excluding hydrogens is 373 g/mol. The van der Waals surface area contributed by atoms with E-state index in [1.807, 2.05) is 24.3 Å². The molecule has 0 aromatic heterocycles. The molecule has 3 aromatic rings. The van der Waals surface area contributed by atoms with Crippen molar-refractivity contribution in [2.45, 2.75) is 31.8 Å². The summed E-state index contributed by atoms with van der Waals surface area (Å²) in [5.41, 5.74) is 5.47. The number of hydrogen-bond acceptors (Lipinski definition) is 1. The molecule has 0 bridgehead atoms. The number of hydrogen-bond donors (Lipinski definition) is 0. The van der Waals surface area contributed by atoms with Crippen LogP contribution >= 0.6 is 23.2 Å². The second-order valence-electron chi connectivity index (χ2n) is 7.31. The highest BCUT2D eigenvalue weighted by Gasteiger charge is 2.21. The fourth-order valence-electron chi connectivity index (χ4n) is 3.95. The van der Waals surface area contributed by atoms with Crippen molar-refractivity contribution in [2.24, 2.45) is 0 Å². The van der Waals surface area contributed by atoms with Gasteiger partial charge in [0.25, 0.3) is 0 Å². The van der Waals surface area contributed by atoms with Crippen molar-refractivity contribution in [3.8, 4) is 0 Å². The summed E-state index contributed by atoms with van der Waals surface area (Å²) in [5.74, 6) is 0.422. The Kier molecular flexibility index (Phi) is 5.83. The Bertz CT molecular complexity index is 879. The van der Waals surface area contributed by atoms with E-state index >= 15 is 0 Å². The third-order valence-electron chi connectivity index (χ3n) is 5.47. The SMILES string of the molecule is Clc1ccc(C(CCN2Cc3ccccc3C2)Cc2ccccc2Cl)cc1. The van der Waals surface area contributed by atoms with Crippen LogP contribution in [0.5, 0.6) is 0 Å². The van der Waals surface area contributed by atoms with Crippen molar-refractivity contribution in [1.82, 2.24) is 4.90 Å². The summed E-state index contributed by atoms with van der Waals surface area (Å²) < 4.78 is 0. The lowest BCUT2D eigenvalue weighted by atomic mass is 9.89. The number of nitrogens with zero attached hydrogens (tertiary/aromatic N) is 1. The van der Waals surface area contributed by atoms with E-state index in [1.54, 1.807) is 0 Å². The quantitative estimate of drug-likeness (QED) is 0.447. The molecule has 3 aromatic carbocycles. The molecule has 0 saturated carbocycles. The van der Waals surface area contributed by atoms with Crippen molar-refractivity contribution < 1.29 is 0 Å². The minimum absolute atomic E-state index is 0.422. The molecule has 0 spiro atoms. The van der Waals surface area contributed by atoms with Gasteiger partial charge in [-0.15, -0.1) is 0 Å². The molecule has 1 aliphatic heterocycles. The van der Waals surface area contributed by atoms with Gasteiger partial charge in [0.15, 0.2) is 0 Å². The van der Waals surface area contributed by atoms with Gasteiger partial charge in [-0.1, -0.05) is 77.8 Å². The second kappa shape index (κ2) is 8.48. The Labute approximate surface area is 171 Å². The maximum absolute atomic E-state index is 6.44. The van der Waals surface area contributed by atoms with Crippen LogP contribution in [0.15, 0.2) is 72.8 Å². The third-order valence-corrected chi connectivity index (χ3v) is 6.09. The molecule has 138 valence electrons. The van der Waals surface area contributed by atoms with Crippen molar-refractivity contribution >= 4 is 23.2 Å². The molecule has 0 N–H and O–H groups in total. The smallest absolute Gasteiger partial charge is 0.0438 e. The highest BCUT2D eigenvalue weighted by atomic mass is 35.5. The van der Waals surface area contributed by atoms with Gasteiger partial charge in [-0.25, -0.2) is 0 Å². The molecule has 1 heterocycles. The number of halogens is 2. The highest BCUT2D eigenvalue weighted by Crippen LogP contribution is 2.30. The minimum Gasteiger partial charge on any atom is -0.295 e. The van der Waals surface area contributed by atoms with Crippen LogP contribution in [0.3, 0.4) is 0 Å². The van der Waals surface area contributed by atoms with Crippen LogP contribution in [0.25, 0.3) is 0 Å². The Hall–Kier alpha value is -1.80. The number of fused-ring (bicyclic) bond motifs is 1. The average Bonchev–Trinajstić information content (AvgIpc) is 3.10. The van der Waals surface area contributed by atoms with E-state index in [2.05, 4.69) is 53.4 Å². The molecule has 1 unspecified atom stereocenters. The van der Waals surface area contributed by atoms with E-state index in [0.29, 0.717) is 5.92 Å². The van der Waals surface area contributed by atoms with Gasteiger partial charge in [0.2, 0.25) is 0 Å². The van der Waals surface area contributed by atoms with Crippen LogP contribution in [-0.2, 0) is 19.5 Å². The zero-order valence-electron chi connectivity index (χ0n) is 15.2. The second-order valence-corrected chi connectivity index (χ2v) is 8.16. The van der Waals surface area contributed by atoms with Crippen LogP contribution in [0.1, 0.15) is 34.6 Å². The van der Waals surface area contributed by atoms with E-state index in [1.165, 1.54) is 22.3 Å². The van der Waals surface area contributed by atoms with Crippen molar-refractivity contribution in [3.05, 3.63) is 105 Å². The minimum atomic E-state index is 0.422. The molecule has 1 atom stereocenters. The standard InChI is InChI=1S/C24H23Cl2N/c25-23-11-9-18(10-12-23)19(15-20-5-3-4-8-24(20)26)13-14-27-16-21-6-1-2-7-22(21)17-27/h1-12,19H,13-17H2. The van der Waals surface area contributed by atoms with E-state index in [4.69, 9.17) is 23.2 Å². The first-order valence-electron chi connectivity index (χ1n) is 9.47. The lowest BCUT2D eigenvalue weighted by Crippen LogP contribution is -2.20. The molecule has 1 nitrogen and oxygen atoms in total. The van der Waals surface area contributed by atoms with Crippen LogP contribution in [0, 0.1) is 0 Å². The van der Waals surface area contributed by atoms with Gasteiger partial charge in [-0.05, 0) is 65.8 Å². The van der Waals surface area contributed by atoms with Crippen LogP contribution in [-0.4, -0.2) is 11.4 Å². The Morgan fingerprint density at radius 1 is 0.778 bits per heavy atom. The van der Waals surface area contributed by atoms with E-state index in [9.17, 15) is 0 Å². The fraction of sp³-hybridized carbons (Fsp3) is 0.250. The van der Waals surface area contributed by atoms with Crippen LogP contribution in [0.2, 0.25) is 10.0 Å². The maximum atomic E-state index is 6.44. The van der Waals surface area contributed by atoms with E-state index in [-0.39, 0.29) is 0 Å². The Morgan fingerprint density at radius 2 is 1.41 bits per heavy atom. The van der Waals surface area contributed by atoms with Crippen molar-refractivity contribution in [2.75, 3.05) is 6.54 Å². The third kappa shape index (κ3) is 4.55. The van der Waals surface area contributed by atoms with E-state index in [0.717, 1.165) is 42.5 Å². The molecule has 0 saturated heterocycles. The first-order valence-corrected chi connectivity index (χ1v) is 10.2. The zero-order chi connectivity index (χ0) is 18.6. The molecule has 3 heteroatoms. The summed E-state index contributed by atoms with van der Waals surface area (Å²) in [7, 11) is 0. The predicted octanol–water partition coefficient (Wildman–Crippen LogP) is 6.73. The summed E-state index contributed by atoms with van der Waals surface area (Å²) in [6.07, 6.45) is 2.04. The maximum Gasteiger partial charge on any atom is 0.0438 e. The zero-order valence-corrected chi connectivity index (χ0v) is 16.8. The molecule has 0 aliphatic carbocycles. The first kappa shape index (κ1) is 18.6. The van der Waals surface area contributed by atoms with E-state index < -0.39 is 0 Å². The summed E-state index contributed by atoms with van der Waals surface area (Å²) in [4.78, 5) is 2.54. The van der Waals surface area contributed by atoms with Gasteiger partial charge >= 0.3 is 0 Å². The van der Waals surface area contributed by atoms with Crippen molar-refractivity contribution in [3.63, 3.8) is 0 Å². The van der Waals surface area contributed by atoms with Gasteiger partial charge in [-0.2, -0.15) is 0 Å². The molecule has 0 fully saturated rings. The van der Waals surface area contributed by atoms with Crippen LogP contribution in [0.4, 0.5) is 0 Å².